The van der Waals surface area contributed by atoms with Crippen LogP contribution in [0.5, 0.6) is 0 Å². The van der Waals surface area contributed by atoms with Crippen molar-refractivity contribution < 1.29 is 22.7 Å². The van der Waals surface area contributed by atoms with Crippen LogP contribution in [0.3, 0.4) is 0 Å². The van der Waals surface area contributed by atoms with Crippen molar-refractivity contribution in [2.45, 2.75) is 45.2 Å². The Bertz CT molecular complexity index is 1260. The third-order valence-corrected chi connectivity index (χ3v) is 7.33. The summed E-state index contributed by atoms with van der Waals surface area (Å²) in [6.45, 7) is 6.68. The van der Waals surface area contributed by atoms with Crippen LogP contribution in [0.1, 0.15) is 30.7 Å². The molecule has 1 amide bonds. The predicted octanol–water partition coefficient (Wildman–Crippen LogP) is 3.85. The Morgan fingerprint density at radius 2 is 1.82 bits per heavy atom. The molecular formula is C23H25N3O5S2. The highest BCUT2D eigenvalue weighted by Gasteiger charge is 2.24. The van der Waals surface area contributed by atoms with Crippen molar-refractivity contribution in [3.05, 3.63) is 70.7 Å². The van der Waals surface area contributed by atoms with E-state index in [1.165, 1.54) is 42.2 Å². The highest BCUT2D eigenvalue weighted by atomic mass is 32.2. The molecule has 8 nitrogen and oxygen atoms in total. The lowest BCUT2D eigenvalue weighted by molar-refractivity contribution is -0.146. The number of rotatable bonds is 8. The van der Waals surface area contributed by atoms with E-state index in [4.69, 9.17) is 4.74 Å². The zero-order chi connectivity index (χ0) is 24.2. The van der Waals surface area contributed by atoms with Crippen LogP contribution in [0.15, 0.2) is 58.8 Å². The minimum Gasteiger partial charge on any atom is -0.458 e. The third-order valence-electron chi connectivity index (χ3n) is 4.90. The van der Waals surface area contributed by atoms with Crippen LogP contribution >= 0.6 is 11.3 Å². The van der Waals surface area contributed by atoms with Gasteiger partial charge in [0.2, 0.25) is 15.9 Å². The van der Waals surface area contributed by atoms with Gasteiger partial charge in [-0.3, -0.25) is 14.5 Å². The van der Waals surface area contributed by atoms with Crippen LogP contribution in [0.2, 0.25) is 0 Å². The Labute approximate surface area is 197 Å². The Balaban J connectivity index is 1.65. The maximum absolute atomic E-state index is 12.4. The van der Waals surface area contributed by atoms with Gasteiger partial charge in [0.15, 0.2) is 5.13 Å². The van der Waals surface area contributed by atoms with Crippen molar-refractivity contribution in [3.8, 4) is 0 Å². The number of amides is 1. The number of ether oxygens (including phenoxy) is 1. The van der Waals surface area contributed by atoms with Crippen LogP contribution in [-0.4, -0.2) is 31.3 Å². The molecule has 2 aromatic carbocycles. The number of nitrogens with zero attached hydrogens (tertiary/aromatic N) is 2. The van der Waals surface area contributed by atoms with Gasteiger partial charge in [-0.25, -0.2) is 13.4 Å². The lowest BCUT2D eigenvalue weighted by Gasteiger charge is -2.19. The van der Waals surface area contributed by atoms with Crippen LogP contribution in [0.4, 0.5) is 10.8 Å². The molecule has 0 aliphatic carbocycles. The SMILES string of the molecule is CC(=O)N(c1ccc(C)c(C)c1)c1nc(COC(=O)[C@H](C)NS(=O)(=O)c2ccccc2)cs1. The number of thiazole rings is 1. The lowest BCUT2D eigenvalue weighted by atomic mass is 10.1. The van der Waals surface area contributed by atoms with E-state index >= 15 is 0 Å². The van der Waals surface area contributed by atoms with Gasteiger partial charge in [-0.2, -0.15) is 4.72 Å². The Hall–Kier alpha value is -3.08. The summed E-state index contributed by atoms with van der Waals surface area (Å²) in [4.78, 5) is 30.6. The van der Waals surface area contributed by atoms with Crippen molar-refractivity contribution in [3.63, 3.8) is 0 Å². The number of carbonyl (C=O) groups excluding carboxylic acids is 2. The van der Waals surface area contributed by atoms with Crippen LogP contribution < -0.4 is 9.62 Å². The smallest absolute Gasteiger partial charge is 0.324 e. The largest absolute Gasteiger partial charge is 0.458 e. The normalized spacial score (nSPS) is 12.2. The number of sulfonamides is 1. The van der Waals surface area contributed by atoms with Gasteiger partial charge in [-0.15, -0.1) is 11.3 Å². The zero-order valence-electron chi connectivity index (χ0n) is 18.7. The summed E-state index contributed by atoms with van der Waals surface area (Å²) in [5, 5.41) is 2.15. The number of esters is 1. The van der Waals surface area contributed by atoms with E-state index in [9.17, 15) is 18.0 Å². The molecule has 0 fully saturated rings. The molecule has 3 rings (SSSR count). The number of nitrogens with one attached hydrogen (secondary N) is 1. The van der Waals surface area contributed by atoms with Crippen LogP contribution in [0.25, 0.3) is 0 Å². The number of aromatic nitrogens is 1. The molecule has 1 atom stereocenters. The summed E-state index contributed by atoms with van der Waals surface area (Å²) < 4.78 is 32.3. The standard InChI is InChI=1S/C23H25N3O5S2/c1-15-10-11-20(12-16(15)2)26(18(4)27)23-24-19(14-32-23)13-31-22(28)17(3)25-33(29,30)21-8-6-5-7-9-21/h5-12,14,17,25H,13H2,1-4H3/t17-/m0/s1. The minimum absolute atomic E-state index is 0.0597. The van der Waals surface area contributed by atoms with Gasteiger partial charge in [0.1, 0.15) is 12.6 Å². The number of hydrogen-bond donors (Lipinski definition) is 1. The van der Waals surface area contributed by atoms with E-state index < -0.39 is 22.0 Å². The molecule has 0 aliphatic rings. The molecule has 0 aliphatic heterocycles. The van der Waals surface area contributed by atoms with E-state index in [0.29, 0.717) is 16.5 Å². The third kappa shape index (κ3) is 6.04. The Morgan fingerprint density at radius 3 is 2.45 bits per heavy atom. The van der Waals surface area contributed by atoms with Gasteiger partial charge in [-0.05, 0) is 56.2 Å². The monoisotopic (exact) mass is 487 g/mol. The molecule has 3 aromatic rings. The molecule has 0 spiro atoms. The fraction of sp³-hybridized carbons (Fsp3) is 0.261. The van der Waals surface area contributed by atoms with Crippen molar-refractivity contribution in [1.82, 2.24) is 9.71 Å². The van der Waals surface area contributed by atoms with E-state index in [0.717, 1.165) is 11.1 Å². The van der Waals surface area contributed by atoms with E-state index in [-0.39, 0.29) is 17.4 Å². The first kappa shape index (κ1) is 24.6. The maximum Gasteiger partial charge on any atom is 0.324 e. The Morgan fingerprint density at radius 1 is 1.12 bits per heavy atom. The van der Waals surface area contributed by atoms with E-state index in [1.54, 1.807) is 23.6 Å². The Kier molecular flexibility index (Phi) is 7.62. The topological polar surface area (TPSA) is 106 Å². The molecule has 10 heteroatoms. The summed E-state index contributed by atoms with van der Waals surface area (Å²) in [7, 11) is -3.85. The lowest BCUT2D eigenvalue weighted by Crippen LogP contribution is -2.39. The number of aryl methyl sites for hydroxylation is 2. The number of benzene rings is 2. The molecule has 1 aromatic heterocycles. The average Bonchev–Trinajstić information content (AvgIpc) is 3.23. The highest BCUT2D eigenvalue weighted by molar-refractivity contribution is 7.89. The van der Waals surface area contributed by atoms with Gasteiger partial charge < -0.3 is 4.74 Å². The number of carbonyl (C=O) groups is 2. The molecule has 1 N–H and O–H groups in total. The summed E-state index contributed by atoms with van der Waals surface area (Å²) >= 11 is 1.25. The molecule has 1 heterocycles. The first-order valence-electron chi connectivity index (χ1n) is 10.1. The maximum atomic E-state index is 12.4. The van der Waals surface area contributed by atoms with E-state index in [1.807, 2.05) is 32.0 Å². The molecule has 0 bridgehead atoms. The average molecular weight is 488 g/mol. The van der Waals surface area contributed by atoms with Gasteiger partial charge in [0.05, 0.1) is 16.3 Å². The van der Waals surface area contributed by atoms with Crippen molar-refractivity contribution in [2.75, 3.05) is 4.90 Å². The summed E-state index contributed by atoms with van der Waals surface area (Å²) in [5.41, 5.74) is 3.33. The predicted molar refractivity (Wildman–Crippen MR) is 127 cm³/mol. The minimum atomic E-state index is -3.85. The molecule has 0 radical (unpaired) electrons. The highest BCUT2D eigenvalue weighted by Crippen LogP contribution is 2.30. The summed E-state index contributed by atoms with van der Waals surface area (Å²) in [5.74, 6) is -0.929. The molecule has 0 saturated carbocycles. The fourth-order valence-electron chi connectivity index (χ4n) is 2.98. The molecule has 0 unspecified atom stereocenters. The summed E-state index contributed by atoms with van der Waals surface area (Å²) in [6, 6.07) is 12.4. The number of hydrogen-bond acceptors (Lipinski definition) is 7. The molecule has 33 heavy (non-hydrogen) atoms. The molecule has 0 saturated heterocycles. The zero-order valence-corrected chi connectivity index (χ0v) is 20.4. The number of anilines is 2. The van der Waals surface area contributed by atoms with Gasteiger partial charge in [0.25, 0.3) is 0 Å². The van der Waals surface area contributed by atoms with Crippen LogP contribution in [-0.2, 0) is 31.0 Å². The molecular weight excluding hydrogens is 462 g/mol. The second kappa shape index (κ2) is 10.2. The van der Waals surface area contributed by atoms with Crippen molar-refractivity contribution in [2.24, 2.45) is 0 Å². The second-order valence-corrected chi connectivity index (χ2v) is 10.1. The fourth-order valence-corrected chi connectivity index (χ4v) is 5.06. The van der Waals surface area contributed by atoms with Gasteiger partial charge in [0, 0.05) is 12.3 Å². The van der Waals surface area contributed by atoms with E-state index in [2.05, 4.69) is 9.71 Å². The molecule has 174 valence electrons. The van der Waals surface area contributed by atoms with Gasteiger partial charge >= 0.3 is 5.97 Å². The first-order chi connectivity index (χ1) is 15.6. The van der Waals surface area contributed by atoms with Gasteiger partial charge in [-0.1, -0.05) is 24.3 Å². The summed E-state index contributed by atoms with van der Waals surface area (Å²) in [6.07, 6.45) is 0. The van der Waals surface area contributed by atoms with Crippen molar-refractivity contribution >= 4 is 44.1 Å². The van der Waals surface area contributed by atoms with Crippen molar-refractivity contribution in [1.29, 1.82) is 0 Å². The van der Waals surface area contributed by atoms with Crippen LogP contribution in [0, 0.1) is 13.8 Å². The first-order valence-corrected chi connectivity index (χ1v) is 12.5. The second-order valence-electron chi connectivity index (χ2n) is 7.51. The quantitative estimate of drug-likeness (QED) is 0.484.